The molecular formula is C7H14N2O3S. The Hall–Kier alpha value is -0.750. The molecule has 0 aromatic rings. The molecule has 0 rings (SSSR count). The van der Waals surface area contributed by atoms with Gasteiger partial charge in [-0.3, -0.25) is 4.79 Å². The molecule has 0 fully saturated rings. The molecule has 0 radical (unpaired) electrons. The summed E-state index contributed by atoms with van der Waals surface area (Å²) in [4.78, 5) is 21.5. The molecule has 13 heavy (non-hydrogen) atoms. The number of carboxylic acid groups (broad SMARTS) is 1. The van der Waals surface area contributed by atoms with Gasteiger partial charge in [-0.25, -0.2) is 4.79 Å². The summed E-state index contributed by atoms with van der Waals surface area (Å²) in [6.07, 6.45) is 0.818. The largest absolute Gasteiger partial charge is 0.480 e. The minimum absolute atomic E-state index is 0.0870. The smallest absolute Gasteiger partial charge is 0.327 e. The fourth-order valence-corrected chi connectivity index (χ4v) is 0.962. The van der Waals surface area contributed by atoms with Gasteiger partial charge in [0, 0.05) is 12.2 Å². The maximum Gasteiger partial charge on any atom is 0.327 e. The van der Waals surface area contributed by atoms with Gasteiger partial charge in [-0.2, -0.15) is 12.6 Å². The second-order valence-electron chi connectivity index (χ2n) is 2.53. The fraction of sp³-hybridized carbons (Fsp3) is 0.714. The van der Waals surface area contributed by atoms with Crippen LogP contribution in [0.25, 0.3) is 0 Å². The zero-order valence-electron chi connectivity index (χ0n) is 7.19. The lowest BCUT2D eigenvalue weighted by Crippen LogP contribution is -2.42. The van der Waals surface area contributed by atoms with E-state index < -0.39 is 12.0 Å². The zero-order valence-corrected chi connectivity index (χ0v) is 8.09. The van der Waals surface area contributed by atoms with E-state index in [1.54, 1.807) is 0 Å². The van der Waals surface area contributed by atoms with Crippen molar-refractivity contribution in [2.75, 3.05) is 12.3 Å². The van der Waals surface area contributed by atoms with Crippen LogP contribution in [0.2, 0.25) is 0 Å². The molecule has 0 spiro atoms. The lowest BCUT2D eigenvalue weighted by Gasteiger charge is -2.11. The highest BCUT2D eigenvalue weighted by molar-refractivity contribution is 7.80. The van der Waals surface area contributed by atoms with Crippen molar-refractivity contribution in [3.63, 3.8) is 0 Å². The van der Waals surface area contributed by atoms with Crippen molar-refractivity contribution < 1.29 is 14.7 Å². The molecule has 4 N–H and O–H groups in total. The number of nitrogens with two attached hydrogens (primary N) is 1. The Bertz CT molecular complexity index is 187. The molecule has 0 aromatic heterocycles. The summed E-state index contributed by atoms with van der Waals surface area (Å²) in [5.74, 6) is -1.29. The monoisotopic (exact) mass is 206 g/mol. The van der Waals surface area contributed by atoms with Crippen LogP contribution in [-0.4, -0.2) is 35.3 Å². The SMILES string of the molecule is NCCCC(=O)N[C@@H](CS)C(=O)O. The number of nitrogens with one attached hydrogen (secondary N) is 1. The summed E-state index contributed by atoms with van der Waals surface area (Å²) in [6, 6.07) is -0.909. The molecule has 1 amide bonds. The van der Waals surface area contributed by atoms with E-state index in [9.17, 15) is 9.59 Å². The Labute approximate surface area is 82.1 Å². The minimum atomic E-state index is -1.07. The van der Waals surface area contributed by atoms with Crippen molar-refractivity contribution in [3.05, 3.63) is 0 Å². The Morgan fingerprint density at radius 1 is 1.54 bits per heavy atom. The van der Waals surface area contributed by atoms with Crippen molar-refractivity contribution >= 4 is 24.5 Å². The van der Waals surface area contributed by atoms with E-state index in [4.69, 9.17) is 10.8 Å². The predicted octanol–water partition coefficient (Wildman–Crippen LogP) is -0.775. The third kappa shape index (κ3) is 5.48. The molecule has 5 nitrogen and oxygen atoms in total. The molecule has 0 aliphatic heterocycles. The van der Waals surface area contributed by atoms with Gasteiger partial charge >= 0.3 is 5.97 Å². The van der Waals surface area contributed by atoms with E-state index in [0.717, 1.165) is 0 Å². The molecule has 0 bridgehead atoms. The molecule has 0 aromatic carbocycles. The number of aliphatic carboxylic acids is 1. The number of hydrogen-bond donors (Lipinski definition) is 4. The van der Waals surface area contributed by atoms with Gasteiger partial charge < -0.3 is 16.2 Å². The second kappa shape index (κ2) is 6.73. The minimum Gasteiger partial charge on any atom is -0.480 e. The molecule has 76 valence electrons. The van der Waals surface area contributed by atoms with Gasteiger partial charge in [0.2, 0.25) is 5.91 Å². The van der Waals surface area contributed by atoms with Crippen molar-refractivity contribution in [1.82, 2.24) is 5.32 Å². The van der Waals surface area contributed by atoms with E-state index in [1.165, 1.54) is 0 Å². The lowest BCUT2D eigenvalue weighted by atomic mass is 10.2. The van der Waals surface area contributed by atoms with Crippen LogP contribution in [0.3, 0.4) is 0 Å². The molecule has 6 heteroatoms. The highest BCUT2D eigenvalue weighted by Gasteiger charge is 2.17. The number of amides is 1. The van der Waals surface area contributed by atoms with Crippen molar-refractivity contribution in [2.24, 2.45) is 5.73 Å². The van der Waals surface area contributed by atoms with Crippen LogP contribution in [0.1, 0.15) is 12.8 Å². The number of carbonyl (C=O) groups is 2. The molecule has 0 saturated carbocycles. The molecule has 0 aliphatic carbocycles. The first-order valence-electron chi connectivity index (χ1n) is 3.95. The standard InChI is InChI=1S/C7H14N2O3S/c8-3-1-2-6(10)9-5(4-13)7(11)12/h5,13H,1-4,8H2,(H,9,10)(H,11,12)/t5-/m0/s1. The highest BCUT2D eigenvalue weighted by atomic mass is 32.1. The quantitative estimate of drug-likeness (QED) is 0.429. The maximum atomic E-state index is 11.0. The first-order chi connectivity index (χ1) is 6.11. The van der Waals surface area contributed by atoms with Crippen LogP contribution in [0.15, 0.2) is 0 Å². The predicted molar refractivity (Wildman–Crippen MR) is 51.7 cm³/mol. The summed E-state index contributed by atoms with van der Waals surface area (Å²) in [7, 11) is 0. The van der Waals surface area contributed by atoms with Gasteiger partial charge in [0.1, 0.15) is 6.04 Å². The first-order valence-corrected chi connectivity index (χ1v) is 4.58. The first kappa shape index (κ1) is 12.2. The summed E-state index contributed by atoms with van der Waals surface area (Å²) in [5, 5.41) is 10.9. The Morgan fingerprint density at radius 3 is 2.54 bits per heavy atom. The van der Waals surface area contributed by atoms with E-state index >= 15 is 0 Å². The average Bonchev–Trinajstić information content (AvgIpc) is 2.10. The Kier molecular flexibility index (Phi) is 6.34. The third-order valence-corrected chi connectivity index (χ3v) is 1.79. The summed E-state index contributed by atoms with van der Waals surface area (Å²) in [6.45, 7) is 0.423. The molecule has 0 aliphatic rings. The number of hydrogen-bond acceptors (Lipinski definition) is 4. The summed E-state index contributed by atoms with van der Waals surface area (Å²) in [5.41, 5.74) is 5.19. The zero-order chi connectivity index (χ0) is 10.3. The molecule has 0 heterocycles. The summed E-state index contributed by atoms with van der Waals surface area (Å²) >= 11 is 3.80. The highest BCUT2D eigenvalue weighted by Crippen LogP contribution is 1.92. The van der Waals surface area contributed by atoms with Gasteiger partial charge in [0.05, 0.1) is 0 Å². The maximum absolute atomic E-state index is 11.0. The van der Waals surface area contributed by atoms with E-state index in [2.05, 4.69) is 17.9 Å². The Morgan fingerprint density at radius 2 is 2.15 bits per heavy atom. The summed E-state index contributed by atoms with van der Waals surface area (Å²) < 4.78 is 0. The lowest BCUT2D eigenvalue weighted by molar-refractivity contribution is -0.141. The topological polar surface area (TPSA) is 92.4 Å². The van der Waals surface area contributed by atoms with E-state index in [0.29, 0.717) is 13.0 Å². The van der Waals surface area contributed by atoms with Crippen LogP contribution in [0, 0.1) is 0 Å². The van der Waals surface area contributed by atoms with Crippen LogP contribution in [0.5, 0.6) is 0 Å². The van der Waals surface area contributed by atoms with E-state index in [1.807, 2.05) is 0 Å². The second-order valence-corrected chi connectivity index (χ2v) is 2.90. The number of thiol groups is 1. The molecule has 0 saturated heterocycles. The van der Waals surface area contributed by atoms with Crippen LogP contribution in [0.4, 0.5) is 0 Å². The fourth-order valence-electron chi connectivity index (χ4n) is 0.715. The van der Waals surface area contributed by atoms with Crippen LogP contribution < -0.4 is 11.1 Å². The van der Waals surface area contributed by atoms with E-state index in [-0.39, 0.29) is 18.1 Å². The van der Waals surface area contributed by atoms with Crippen molar-refractivity contribution in [1.29, 1.82) is 0 Å². The van der Waals surface area contributed by atoms with Gasteiger partial charge in [-0.1, -0.05) is 0 Å². The molecule has 1 atom stereocenters. The van der Waals surface area contributed by atoms with Gasteiger partial charge in [-0.15, -0.1) is 0 Å². The number of carbonyl (C=O) groups excluding carboxylic acids is 1. The van der Waals surface area contributed by atoms with Crippen molar-refractivity contribution in [2.45, 2.75) is 18.9 Å². The normalized spacial score (nSPS) is 12.2. The third-order valence-electron chi connectivity index (χ3n) is 1.42. The van der Waals surface area contributed by atoms with Gasteiger partial charge in [-0.05, 0) is 13.0 Å². The van der Waals surface area contributed by atoms with Gasteiger partial charge in [0.15, 0.2) is 0 Å². The van der Waals surface area contributed by atoms with Gasteiger partial charge in [0.25, 0.3) is 0 Å². The Balaban J connectivity index is 3.80. The molecule has 0 unspecified atom stereocenters. The number of rotatable bonds is 6. The average molecular weight is 206 g/mol. The number of carboxylic acids is 1. The van der Waals surface area contributed by atoms with Crippen LogP contribution in [-0.2, 0) is 9.59 Å². The molecular weight excluding hydrogens is 192 g/mol. The van der Waals surface area contributed by atoms with Crippen molar-refractivity contribution in [3.8, 4) is 0 Å². The van der Waals surface area contributed by atoms with Crippen LogP contribution >= 0.6 is 12.6 Å².